The van der Waals surface area contributed by atoms with Crippen LogP contribution in [0.4, 0.5) is 0 Å². The quantitative estimate of drug-likeness (QED) is 0.249. The van der Waals surface area contributed by atoms with Gasteiger partial charge in [-0.3, -0.25) is 4.79 Å². The van der Waals surface area contributed by atoms with Gasteiger partial charge in [0.2, 0.25) is 5.91 Å². The minimum atomic E-state index is -0.401. The molecule has 0 fully saturated rings. The molecule has 2 aromatic carbocycles. The van der Waals surface area contributed by atoms with Crippen molar-refractivity contribution in [1.29, 1.82) is 0 Å². The van der Waals surface area contributed by atoms with Crippen LogP contribution in [0, 0.1) is 0 Å². The van der Waals surface area contributed by atoms with Gasteiger partial charge < -0.3 is 14.4 Å². The Morgan fingerprint density at radius 2 is 1.75 bits per heavy atom. The summed E-state index contributed by atoms with van der Waals surface area (Å²) in [6.07, 6.45) is 2.58. The summed E-state index contributed by atoms with van der Waals surface area (Å²) in [7, 11) is 0. The number of hydrogen-bond acceptors (Lipinski definition) is 5. The van der Waals surface area contributed by atoms with Crippen LogP contribution in [-0.4, -0.2) is 48.8 Å². The zero-order valence-corrected chi connectivity index (χ0v) is 20.2. The maximum Gasteiger partial charge on any atom is 0.344 e. The lowest BCUT2D eigenvalue weighted by Gasteiger charge is -2.17. The van der Waals surface area contributed by atoms with Crippen molar-refractivity contribution in [2.45, 2.75) is 39.0 Å². The Labute approximate surface area is 195 Å². The van der Waals surface area contributed by atoms with Crippen LogP contribution in [0.2, 0.25) is 0 Å². The molecule has 0 bridgehead atoms. The summed E-state index contributed by atoms with van der Waals surface area (Å²) in [5, 5.41) is 0. The zero-order chi connectivity index (χ0) is 23.3. The minimum absolute atomic E-state index is 0.0113. The van der Waals surface area contributed by atoms with Crippen molar-refractivity contribution in [2.75, 3.05) is 32.1 Å². The van der Waals surface area contributed by atoms with E-state index in [2.05, 4.69) is 12.1 Å². The number of benzene rings is 2. The number of esters is 1. The third-order valence-electron chi connectivity index (χ3n) is 4.96. The van der Waals surface area contributed by atoms with Gasteiger partial charge in [0.25, 0.3) is 0 Å². The third-order valence-corrected chi connectivity index (χ3v) is 6.01. The predicted molar refractivity (Wildman–Crippen MR) is 131 cm³/mol. The molecule has 0 aliphatic carbocycles. The molecule has 6 heteroatoms. The molecule has 0 atom stereocenters. The molecule has 1 amide bonds. The van der Waals surface area contributed by atoms with E-state index in [0.717, 1.165) is 28.2 Å². The van der Waals surface area contributed by atoms with Crippen molar-refractivity contribution in [3.63, 3.8) is 0 Å². The van der Waals surface area contributed by atoms with E-state index in [1.165, 1.54) is 5.56 Å². The number of ether oxygens (including phenoxy) is 2. The van der Waals surface area contributed by atoms with Crippen LogP contribution in [0.3, 0.4) is 0 Å². The molecule has 32 heavy (non-hydrogen) atoms. The topological polar surface area (TPSA) is 55.8 Å². The molecule has 0 unspecified atom stereocenters. The van der Waals surface area contributed by atoms with Crippen LogP contribution in [-0.2, 0) is 20.7 Å². The number of amides is 1. The average molecular weight is 456 g/mol. The number of likely N-dealkylation sites (N-methyl/N-ethyl adjacent to an activating group) is 1. The van der Waals surface area contributed by atoms with Gasteiger partial charge in [-0.2, -0.15) is 0 Å². The summed E-state index contributed by atoms with van der Waals surface area (Å²) in [4.78, 5) is 27.0. The standard InChI is InChI=1S/C26H33NO4S/c1-5-27(6-2)25(28)17-20(4)22-13-14-24(23(18-22)31-19-26(29)30-7-3)32-16-15-21-11-9-8-10-12-21/h8-14,17-18H,5-7,15-16,19H2,1-4H3/b20-17-. The number of nitrogens with zero attached hydrogens (tertiary/aromatic N) is 1. The van der Waals surface area contributed by atoms with Crippen LogP contribution >= 0.6 is 11.8 Å². The Kier molecular flexibility index (Phi) is 10.9. The van der Waals surface area contributed by atoms with Crippen molar-refractivity contribution >= 4 is 29.2 Å². The van der Waals surface area contributed by atoms with Gasteiger partial charge in [0.05, 0.1) is 6.61 Å². The Bertz CT molecular complexity index is 907. The summed E-state index contributed by atoms with van der Waals surface area (Å²) in [6, 6.07) is 16.2. The molecular weight excluding hydrogens is 422 g/mol. The van der Waals surface area contributed by atoms with Gasteiger partial charge in [0, 0.05) is 29.8 Å². The summed E-state index contributed by atoms with van der Waals surface area (Å²) in [5.41, 5.74) is 3.01. The molecule has 0 aliphatic rings. The number of thioether (sulfide) groups is 1. The number of allylic oxidation sites excluding steroid dienone is 1. The van der Waals surface area contributed by atoms with Crippen LogP contribution in [0.15, 0.2) is 59.5 Å². The summed E-state index contributed by atoms with van der Waals surface area (Å²) < 4.78 is 10.8. The highest BCUT2D eigenvalue weighted by atomic mass is 32.2. The van der Waals surface area contributed by atoms with E-state index in [-0.39, 0.29) is 12.5 Å². The molecule has 172 valence electrons. The zero-order valence-electron chi connectivity index (χ0n) is 19.4. The molecule has 0 radical (unpaired) electrons. The van der Waals surface area contributed by atoms with Gasteiger partial charge in [0.1, 0.15) is 5.75 Å². The van der Waals surface area contributed by atoms with Gasteiger partial charge in [-0.25, -0.2) is 4.79 Å². The first-order chi connectivity index (χ1) is 15.5. The van der Waals surface area contributed by atoms with Crippen molar-refractivity contribution in [3.05, 3.63) is 65.7 Å². The average Bonchev–Trinajstić information content (AvgIpc) is 2.80. The van der Waals surface area contributed by atoms with E-state index in [0.29, 0.717) is 25.4 Å². The maximum atomic E-state index is 12.5. The van der Waals surface area contributed by atoms with Crippen LogP contribution in [0.5, 0.6) is 5.75 Å². The Morgan fingerprint density at radius 1 is 1.03 bits per heavy atom. The molecule has 0 aromatic heterocycles. The Hall–Kier alpha value is -2.73. The summed E-state index contributed by atoms with van der Waals surface area (Å²) in [6.45, 7) is 9.12. The molecule has 2 rings (SSSR count). The lowest BCUT2D eigenvalue weighted by molar-refractivity contribution is -0.145. The van der Waals surface area contributed by atoms with E-state index in [9.17, 15) is 9.59 Å². The number of aryl methyl sites for hydroxylation is 1. The van der Waals surface area contributed by atoms with Crippen molar-refractivity contribution in [3.8, 4) is 5.75 Å². The molecule has 0 N–H and O–H groups in total. The number of rotatable bonds is 12. The Morgan fingerprint density at radius 3 is 2.41 bits per heavy atom. The molecular formula is C26H33NO4S. The molecule has 2 aromatic rings. The molecule has 0 saturated heterocycles. The largest absolute Gasteiger partial charge is 0.481 e. The first kappa shape index (κ1) is 25.5. The van der Waals surface area contributed by atoms with Crippen molar-refractivity contribution in [2.24, 2.45) is 0 Å². The van der Waals surface area contributed by atoms with E-state index in [4.69, 9.17) is 9.47 Å². The fourth-order valence-electron chi connectivity index (χ4n) is 3.14. The fourth-order valence-corrected chi connectivity index (χ4v) is 4.13. The van der Waals surface area contributed by atoms with Crippen molar-refractivity contribution in [1.82, 2.24) is 4.90 Å². The highest BCUT2D eigenvalue weighted by Gasteiger charge is 2.12. The second-order valence-corrected chi connectivity index (χ2v) is 8.31. The van der Waals surface area contributed by atoms with E-state index in [1.54, 1.807) is 29.7 Å². The second-order valence-electron chi connectivity index (χ2n) is 7.18. The van der Waals surface area contributed by atoms with Crippen LogP contribution < -0.4 is 4.74 Å². The van der Waals surface area contributed by atoms with Gasteiger partial charge in [0.15, 0.2) is 6.61 Å². The smallest absolute Gasteiger partial charge is 0.344 e. The normalized spacial score (nSPS) is 11.2. The molecule has 0 spiro atoms. The molecule has 0 aliphatic heterocycles. The maximum absolute atomic E-state index is 12.5. The highest BCUT2D eigenvalue weighted by molar-refractivity contribution is 7.99. The van der Waals surface area contributed by atoms with Crippen LogP contribution in [0.25, 0.3) is 5.57 Å². The highest BCUT2D eigenvalue weighted by Crippen LogP contribution is 2.33. The van der Waals surface area contributed by atoms with Gasteiger partial charge >= 0.3 is 5.97 Å². The first-order valence-electron chi connectivity index (χ1n) is 11.0. The van der Waals surface area contributed by atoms with E-state index < -0.39 is 5.97 Å². The monoisotopic (exact) mass is 455 g/mol. The van der Waals surface area contributed by atoms with E-state index in [1.807, 2.05) is 57.2 Å². The lowest BCUT2D eigenvalue weighted by atomic mass is 10.1. The molecule has 5 nitrogen and oxygen atoms in total. The van der Waals surface area contributed by atoms with Crippen molar-refractivity contribution < 1.29 is 19.1 Å². The lowest BCUT2D eigenvalue weighted by Crippen LogP contribution is -2.28. The number of hydrogen-bond donors (Lipinski definition) is 0. The van der Waals surface area contributed by atoms with Gasteiger partial charge in [-0.1, -0.05) is 36.4 Å². The second kappa shape index (κ2) is 13.6. The minimum Gasteiger partial charge on any atom is -0.481 e. The van der Waals surface area contributed by atoms with Gasteiger partial charge in [-0.05, 0) is 62.9 Å². The van der Waals surface area contributed by atoms with E-state index >= 15 is 0 Å². The molecule has 0 saturated carbocycles. The predicted octanol–water partition coefficient (Wildman–Crippen LogP) is 5.24. The fraction of sp³-hybridized carbons (Fsp3) is 0.385. The summed E-state index contributed by atoms with van der Waals surface area (Å²) in [5.74, 6) is 1.09. The van der Waals surface area contributed by atoms with Crippen LogP contribution in [0.1, 0.15) is 38.8 Å². The number of carbonyl (C=O) groups excluding carboxylic acids is 2. The Balaban J connectivity index is 2.18. The number of carbonyl (C=O) groups is 2. The molecule has 0 heterocycles. The SMILES string of the molecule is CCOC(=O)COc1cc(/C(C)=C\C(=O)N(CC)CC)ccc1SCCc1ccccc1. The third kappa shape index (κ3) is 8.08. The summed E-state index contributed by atoms with van der Waals surface area (Å²) >= 11 is 1.68. The first-order valence-corrected chi connectivity index (χ1v) is 12.0. The van der Waals surface area contributed by atoms with Gasteiger partial charge in [-0.15, -0.1) is 11.8 Å².